The molecule has 1 unspecified atom stereocenters. The van der Waals surface area contributed by atoms with Crippen LogP contribution in [0.2, 0.25) is 10.0 Å². The number of amides is 1. The van der Waals surface area contributed by atoms with Crippen LogP contribution in [0.1, 0.15) is 20.3 Å². The molecule has 1 atom stereocenters. The van der Waals surface area contributed by atoms with Crippen molar-refractivity contribution in [2.24, 2.45) is 0 Å². The van der Waals surface area contributed by atoms with Crippen molar-refractivity contribution >= 4 is 41.5 Å². The molecule has 4 nitrogen and oxygen atoms in total. The molecular formula is C14H21Cl3N2O2. The van der Waals surface area contributed by atoms with E-state index in [1.165, 1.54) is 0 Å². The van der Waals surface area contributed by atoms with Gasteiger partial charge in [-0.05, 0) is 32.0 Å². The van der Waals surface area contributed by atoms with Crippen molar-refractivity contribution in [1.82, 2.24) is 10.6 Å². The topological polar surface area (TPSA) is 50.4 Å². The average molecular weight is 356 g/mol. The van der Waals surface area contributed by atoms with E-state index >= 15 is 0 Å². The summed E-state index contributed by atoms with van der Waals surface area (Å²) >= 11 is 11.9. The quantitative estimate of drug-likeness (QED) is 0.704. The Balaban J connectivity index is 0.00000400. The lowest BCUT2D eigenvalue weighted by Gasteiger charge is -2.16. The van der Waals surface area contributed by atoms with E-state index in [1.54, 1.807) is 25.1 Å². The Morgan fingerprint density at radius 2 is 2.00 bits per heavy atom. The summed E-state index contributed by atoms with van der Waals surface area (Å²) in [4.78, 5) is 11.8. The molecule has 0 aliphatic carbocycles. The minimum absolute atomic E-state index is 0. The molecule has 7 heteroatoms. The zero-order valence-electron chi connectivity index (χ0n) is 12.1. The highest BCUT2D eigenvalue weighted by Gasteiger charge is 2.16. The highest BCUT2D eigenvalue weighted by molar-refractivity contribution is 6.42. The van der Waals surface area contributed by atoms with Crippen LogP contribution < -0.4 is 15.4 Å². The first-order chi connectivity index (χ1) is 9.56. The van der Waals surface area contributed by atoms with E-state index in [0.717, 1.165) is 19.5 Å². The van der Waals surface area contributed by atoms with Crippen LogP contribution in [0.3, 0.4) is 0 Å². The molecule has 0 aromatic heterocycles. The van der Waals surface area contributed by atoms with Gasteiger partial charge in [-0.2, -0.15) is 0 Å². The van der Waals surface area contributed by atoms with Crippen LogP contribution in [0.4, 0.5) is 0 Å². The molecule has 0 aliphatic heterocycles. The van der Waals surface area contributed by atoms with Crippen molar-refractivity contribution in [3.63, 3.8) is 0 Å². The Morgan fingerprint density at radius 3 is 2.67 bits per heavy atom. The smallest absolute Gasteiger partial charge is 0.260 e. The van der Waals surface area contributed by atoms with Gasteiger partial charge in [0.15, 0.2) is 6.10 Å². The summed E-state index contributed by atoms with van der Waals surface area (Å²) in [7, 11) is 0. The predicted molar refractivity (Wildman–Crippen MR) is 90.0 cm³/mol. The molecule has 0 spiro atoms. The van der Waals surface area contributed by atoms with Gasteiger partial charge in [0.05, 0.1) is 5.02 Å². The number of carbonyl (C=O) groups excluding carboxylic acids is 1. The first-order valence-electron chi connectivity index (χ1n) is 6.65. The van der Waals surface area contributed by atoms with Crippen LogP contribution >= 0.6 is 35.6 Å². The Bertz CT molecular complexity index is 444. The van der Waals surface area contributed by atoms with Gasteiger partial charge in [0.2, 0.25) is 0 Å². The second kappa shape index (κ2) is 11.0. The minimum atomic E-state index is -0.628. The van der Waals surface area contributed by atoms with Crippen LogP contribution in [0.25, 0.3) is 0 Å². The molecule has 1 amide bonds. The van der Waals surface area contributed by atoms with Gasteiger partial charge < -0.3 is 15.4 Å². The maximum absolute atomic E-state index is 11.8. The fourth-order valence-electron chi connectivity index (χ4n) is 1.54. The maximum Gasteiger partial charge on any atom is 0.260 e. The van der Waals surface area contributed by atoms with E-state index in [9.17, 15) is 4.79 Å². The number of hydrogen-bond acceptors (Lipinski definition) is 3. The summed E-state index contributed by atoms with van der Waals surface area (Å²) in [6, 6.07) is 5.07. The fourth-order valence-corrected chi connectivity index (χ4v) is 1.87. The van der Waals surface area contributed by atoms with Gasteiger partial charge in [0, 0.05) is 13.1 Å². The monoisotopic (exact) mass is 354 g/mol. The van der Waals surface area contributed by atoms with Gasteiger partial charge in [-0.25, -0.2) is 0 Å². The van der Waals surface area contributed by atoms with Crippen molar-refractivity contribution in [2.45, 2.75) is 26.4 Å². The lowest BCUT2D eigenvalue weighted by Crippen LogP contribution is -2.39. The van der Waals surface area contributed by atoms with E-state index < -0.39 is 6.10 Å². The summed E-state index contributed by atoms with van der Waals surface area (Å²) in [6.07, 6.45) is 0.443. The Morgan fingerprint density at radius 1 is 1.29 bits per heavy atom. The number of carbonyl (C=O) groups is 1. The van der Waals surface area contributed by atoms with Gasteiger partial charge in [-0.1, -0.05) is 36.2 Å². The third-order valence-corrected chi connectivity index (χ3v) is 3.42. The first-order valence-corrected chi connectivity index (χ1v) is 7.41. The van der Waals surface area contributed by atoms with Crippen LogP contribution in [0, 0.1) is 0 Å². The molecule has 0 radical (unpaired) electrons. The van der Waals surface area contributed by atoms with Crippen molar-refractivity contribution < 1.29 is 9.53 Å². The molecule has 0 aliphatic rings. The van der Waals surface area contributed by atoms with Gasteiger partial charge in [0.1, 0.15) is 10.8 Å². The number of rotatable bonds is 8. The summed E-state index contributed by atoms with van der Waals surface area (Å²) in [5.74, 6) is 0.227. The summed E-state index contributed by atoms with van der Waals surface area (Å²) in [5, 5.41) is 6.72. The first kappa shape index (κ1) is 20.3. The second-order valence-corrected chi connectivity index (χ2v) is 5.14. The Hall–Kier alpha value is -0.680. The molecule has 21 heavy (non-hydrogen) atoms. The van der Waals surface area contributed by atoms with E-state index in [2.05, 4.69) is 17.6 Å². The average Bonchev–Trinajstić information content (AvgIpc) is 2.43. The van der Waals surface area contributed by atoms with Crippen molar-refractivity contribution in [3.8, 4) is 5.75 Å². The normalized spacial score (nSPS) is 11.4. The third kappa shape index (κ3) is 7.23. The van der Waals surface area contributed by atoms with Crippen LogP contribution in [0.5, 0.6) is 5.75 Å². The molecule has 1 rings (SSSR count). The number of ether oxygens (including phenoxy) is 1. The van der Waals surface area contributed by atoms with Gasteiger partial charge in [0.25, 0.3) is 5.91 Å². The third-order valence-electron chi connectivity index (χ3n) is 2.62. The van der Waals surface area contributed by atoms with Crippen molar-refractivity contribution in [3.05, 3.63) is 28.2 Å². The van der Waals surface area contributed by atoms with Crippen LogP contribution in [0.15, 0.2) is 18.2 Å². The SMILES string of the molecule is CCCNCCNC(=O)C(C)Oc1cccc(Cl)c1Cl.Cl. The predicted octanol–water partition coefficient (Wildman–Crippen LogP) is 3.30. The molecule has 1 aromatic carbocycles. The molecule has 0 saturated carbocycles. The molecule has 0 fully saturated rings. The maximum atomic E-state index is 11.8. The number of nitrogens with one attached hydrogen (secondary N) is 2. The van der Waals surface area contributed by atoms with Gasteiger partial charge in [-0.3, -0.25) is 4.79 Å². The number of benzene rings is 1. The van der Waals surface area contributed by atoms with E-state index in [4.69, 9.17) is 27.9 Å². The summed E-state index contributed by atoms with van der Waals surface area (Å²) in [6.45, 7) is 6.02. The van der Waals surface area contributed by atoms with Crippen molar-refractivity contribution in [2.75, 3.05) is 19.6 Å². The molecule has 0 heterocycles. The van der Waals surface area contributed by atoms with Gasteiger partial charge in [-0.15, -0.1) is 12.4 Å². The fraction of sp³-hybridized carbons (Fsp3) is 0.500. The van der Waals surface area contributed by atoms with Crippen molar-refractivity contribution in [1.29, 1.82) is 0 Å². The number of halogens is 3. The standard InChI is InChI=1S/C14H20Cl2N2O2.ClH/c1-3-7-17-8-9-18-14(19)10(2)20-12-6-4-5-11(15)13(12)16;/h4-6,10,17H,3,7-9H2,1-2H3,(H,18,19);1H. The largest absolute Gasteiger partial charge is 0.479 e. The molecule has 0 saturated heterocycles. The zero-order chi connectivity index (χ0) is 15.0. The van der Waals surface area contributed by atoms with Crippen LogP contribution in [-0.2, 0) is 4.79 Å². The summed E-state index contributed by atoms with van der Waals surface area (Å²) < 4.78 is 5.52. The lowest BCUT2D eigenvalue weighted by atomic mass is 10.3. The summed E-state index contributed by atoms with van der Waals surface area (Å²) in [5.41, 5.74) is 0. The molecule has 120 valence electrons. The second-order valence-electron chi connectivity index (χ2n) is 4.35. The van der Waals surface area contributed by atoms with E-state index in [1.807, 2.05) is 0 Å². The van der Waals surface area contributed by atoms with Crippen LogP contribution in [-0.4, -0.2) is 31.6 Å². The zero-order valence-corrected chi connectivity index (χ0v) is 14.4. The molecular weight excluding hydrogens is 335 g/mol. The minimum Gasteiger partial charge on any atom is -0.479 e. The highest BCUT2D eigenvalue weighted by atomic mass is 35.5. The number of hydrogen-bond donors (Lipinski definition) is 2. The van der Waals surface area contributed by atoms with E-state index in [0.29, 0.717) is 22.3 Å². The Kier molecular flexibility index (Phi) is 10.6. The molecule has 1 aromatic rings. The van der Waals surface area contributed by atoms with Gasteiger partial charge >= 0.3 is 0 Å². The molecule has 0 bridgehead atoms. The Labute approximate surface area is 141 Å². The van der Waals surface area contributed by atoms with E-state index in [-0.39, 0.29) is 18.3 Å². The molecule has 2 N–H and O–H groups in total. The lowest BCUT2D eigenvalue weighted by molar-refractivity contribution is -0.127. The highest BCUT2D eigenvalue weighted by Crippen LogP contribution is 2.31.